The van der Waals surface area contributed by atoms with Gasteiger partial charge in [0.1, 0.15) is 12.4 Å². The van der Waals surface area contributed by atoms with Gasteiger partial charge in [0.05, 0.1) is 0 Å². The van der Waals surface area contributed by atoms with E-state index in [0.717, 1.165) is 51.3 Å². The summed E-state index contributed by atoms with van der Waals surface area (Å²) in [4.78, 5) is 29.2. The molecule has 1 fully saturated rings. The van der Waals surface area contributed by atoms with Crippen LogP contribution in [0.2, 0.25) is 0 Å². The highest BCUT2D eigenvalue weighted by molar-refractivity contribution is 5.76. The van der Waals surface area contributed by atoms with E-state index in [1.54, 1.807) is 4.57 Å². The quantitative estimate of drug-likeness (QED) is 0.743. The third-order valence-corrected chi connectivity index (χ3v) is 4.75. The minimum atomic E-state index is -0.169. The molecular weight excluding hydrogens is 306 g/mol. The molecule has 2 heterocycles. The summed E-state index contributed by atoms with van der Waals surface area (Å²) >= 11 is 0. The summed E-state index contributed by atoms with van der Waals surface area (Å²) in [7, 11) is 0. The fraction of sp³-hybridized carbons (Fsp3) is 0.824. The van der Waals surface area contributed by atoms with E-state index in [0.29, 0.717) is 12.6 Å². The molecule has 1 aromatic heterocycles. The number of hydrogen-bond acceptors (Lipinski definition) is 4. The standard InChI is InChI=1S/C17H31N5O2/c1-5-7-8-15-18-22(17(24)21(15)6-2)13-16(23)20-11-9-19(10-12-20)14(3)4/h14H,5-13H2,1-4H3. The van der Waals surface area contributed by atoms with Crippen LogP contribution >= 0.6 is 0 Å². The van der Waals surface area contributed by atoms with Crippen molar-refractivity contribution in [2.24, 2.45) is 0 Å². The number of carbonyl (C=O) groups is 1. The number of aryl methyl sites for hydroxylation is 1. The average Bonchev–Trinajstić information content (AvgIpc) is 2.87. The topological polar surface area (TPSA) is 63.4 Å². The van der Waals surface area contributed by atoms with E-state index in [4.69, 9.17) is 0 Å². The Morgan fingerprint density at radius 1 is 1.17 bits per heavy atom. The van der Waals surface area contributed by atoms with Gasteiger partial charge in [-0.1, -0.05) is 13.3 Å². The number of rotatable bonds is 7. The van der Waals surface area contributed by atoms with Crippen molar-refractivity contribution in [3.05, 3.63) is 16.3 Å². The van der Waals surface area contributed by atoms with E-state index in [1.807, 2.05) is 11.8 Å². The molecular formula is C17H31N5O2. The fourth-order valence-corrected chi connectivity index (χ4v) is 3.14. The van der Waals surface area contributed by atoms with E-state index in [1.165, 1.54) is 4.68 Å². The number of amides is 1. The van der Waals surface area contributed by atoms with Crippen LogP contribution in [0.25, 0.3) is 0 Å². The van der Waals surface area contributed by atoms with Gasteiger partial charge in [-0.05, 0) is 27.2 Å². The molecule has 1 saturated heterocycles. The number of hydrogen-bond donors (Lipinski definition) is 0. The van der Waals surface area contributed by atoms with Crippen LogP contribution in [0.3, 0.4) is 0 Å². The molecule has 24 heavy (non-hydrogen) atoms. The Morgan fingerprint density at radius 3 is 2.38 bits per heavy atom. The molecule has 0 radical (unpaired) electrons. The van der Waals surface area contributed by atoms with Crippen LogP contribution in [0, 0.1) is 0 Å². The first-order valence-electron chi connectivity index (χ1n) is 9.16. The normalized spacial score (nSPS) is 16.1. The zero-order valence-electron chi connectivity index (χ0n) is 15.5. The SMILES string of the molecule is CCCCc1nn(CC(=O)N2CCN(C(C)C)CC2)c(=O)n1CC. The lowest BCUT2D eigenvalue weighted by Crippen LogP contribution is -2.51. The molecule has 1 amide bonds. The molecule has 0 atom stereocenters. The van der Waals surface area contributed by atoms with Crippen LogP contribution in [0.4, 0.5) is 0 Å². The van der Waals surface area contributed by atoms with Crippen LogP contribution in [0.1, 0.15) is 46.4 Å². The van der Waals surface area contributed by atoms with Crippen LogP contribution in [0.5, 0.6) is 0 Å². The number of aromatic nitrogens is 3. The number of piperazine rings is 1. The molecule has 0 aromatic carbocycles. The van der Waals surface area contributed by atoms with E-state index < -0.39 is 0 Å². The van der Waals surface area contributed by atoms with E-state index in [-0.39, 0.29) is 18.1 Å². The third kappa shape index (κ3) is 4.26. The molecule has 0 saturated carbocycles. The van der Waals surface area contributed by atoms with Crippen LogP contribution in [0.15, 0.2) is 4.79 Å². The Hall–Kier alpha value is -1.63. The molecule has 0 unspecified atom stereocenters. The maximum absolute atomic E-state index is 12.5. The zero-order chi connectivity index (χ0) is 17.7. The van der Waals surface area contributed by atoms with Gasteiger partial charge in [0.25, 0.3) is 0 Å². The highest BCUT2D eigenvalue weighted by Crippen LogP contribution is 2.07. The summed E-state index contributed by atoms with van der Waals surface area (Å²) < 4.78 is 3.02. The molecule has 1 aliphatic heterocycles. The monoisotopic (exact) mass is 337 g/mol. The summed E-state index contributed by atoms with van der Waals surface area (Å²) in [5.41, 5.74) is -0.169. The van der Waals surface area contributed by atoms with Crippen LogP contribution in [-0.2, 0) is 24.3 Å². The van der Waals surface area contributed by atoms with Crippen LogP contribution < -0.4 is 5.69 Å². The predicted molar refractivity (Wildman–Crippen MR) is 94.1 cm³/mol. The lowest BCUT2D eigenvalue weighted by Gasteiger charge is -2.36. The molecule has 7 heteroatoms. The van der Waals surface area contributed by atoms with Gasteiger partial charge in [0, 0.05) is 45.2 Å². The van der Waals surface area contributed by atoms with Crippen molar-refractivity contribution in [1.82, 2.24) is 24.1 Å². The van der Waals surface area contributed by atoms with Crippen molar-refractivity contribution < 1.29 is 4.79 Å². The smallest absolute Gasteiger partial charge is 0.339 e. The van der Waals surface area contributed by atoms with Crippen molar-refractivity contribution in [2.45, 2.75) is 66.1 Å². The number of carbonyl (C=O) groups excluding carboxylic acids is 1. The Labute approximate surface area is 144 Å². The second-order valence-corrected chi connectivity index (χ2v) is 6.71. The van der Waals surface area contributed by atoms with Crippen molar-refractivity contribution in [1.29, 1.82) is 0 Å². The van der Waals surface area contributed by atoms with E-state index >= 15 is 0 Å². The Balaban J connectivity index is 2.01. The first kappa shape index (κ1) is 18.7. The maximum Gasteiger partial charge on any atom is 0.346 e. The Morgan fingerprint density at radius 2 is 1.83 bits per heavy atom. The van der Waals surface area contributed by atoms with Gasteiger partial charge in [0.2, 0.25) is 5.91 Å². The van der Waals surface area contributed by atoms with Gasteiger partial charge in [0.15, 0.2) is 0 Å². The fourth-order valence-electron chi connectivity index (χ4n) is 3.14. The van der Waals surface area contributed by atoms with Gasteiger partial charge in [-0.2, -0.15) is 5.10 Å². The number of unbranched alkanes of at least 4 members (excludes halogenated alkanes) is 1. The largest absolute Gasteiger partial charge is 0.346 e. The maximum atomic E-state index is 12.5. The summed E-state index contributed by atoms with van der Waals surface area (Å²) in [5, 5.41) is 4.41. The first-order valence-corrected chi connectivity index (χ1v) is 9.16. The summed E-state index contributed by atoms with van der Waals surface area (Å²) in [6, 6.07) is 0.506. The Kier molecular flexibility index (Phi) is 6.60. The molecule has 0 bridgehead atoms. The first-order chi connectivity index (χ1) is 11.5. The Bertz CT molecular complexity index is 597. The van der Waals surface area contributed by atoms with E-state index in [9.17, 15) is 9.59 Å². The highest BCUT2D eigenvalue weighted by atomic mass is 16.2. The molecule has 0 N–H and O–H groups in total. The molecule has 0 aliphatic carbocycles. The van der Waals surface area contributed by atoms with Gasteiger partial charge in [-0.3, -0.25) is 14.3 Å². The molecule has 2 rings (SSSR count). The molecule has 1 aliphatic rings. The van der Waals surface area contributed by atoms with Gasteiger partial charge in [-0.15, -0.1) is 0 Å². The summed E-state index contributed by atoms with van der Waals surface area (Å²) in [6.45, 7) is 12.3. The average molecular weight is 337 g/mol. The van der Waals surface area contributed by atoms with Gasteiger partial charge in [-0.25, -0.2) is 9.48 Å². The molecule has 7 nitrogen and oxygen atoms in total. The van der Waals surface area contributed by atoms with Crippen molar-refractivity contribution in [3.63, 3.8) is 0 Å². The predicted octanol–water partition coefficient (Wildman–Crippen LogP) is 0.960. The third-order valence-electron chi connectivity index (χ3n) is 4.75. The van der Waals surface area contributed by atoms with Crippen molar-refractivity contribution in [3.8, 4) is 0 Å². The van der Waals surface area contributed by atoms with E-state index in [2.05, 4.69) is 30.8 Å². The lowest BCUT2D eigenvalue weighted by molar-refractivity contribution is -0.134. The van der Waals surface area contributed by atoms with Gasteiger partial charge < -0.3 is 4.90 Å². The number of nitrogens with zero attached hydrogens (tertiary/aromatic N) is 5. The zero-order valence-corrected chi connectivity index (χ0v) is 15.5. The molecule has 0 spiro atoms. The summed E-state index contributed by atoms with van der Waals surface area (Å²) in [6.07, 6.45) is 2.85. The molecule has 136 valence electrons. The lowest BCUT2D eigenvalue weighted by atomic mass is 10.2. The highest BCUT2D eigenvalue weighted by Gasteiger charge is 2.24. The minimum Gasteiger partial charge on any atom is -0.339 e. The van der Waals surface area contributed by atoms with Gasteiger partial charge >= 0.3 is 5.69 Å². The van der Waals surface area contributed by atoms with Crippen LogP contribution in [-0.4, -0.2) is 62.3 Å². The summed E-state index contributed by atoms with van der Waals surface area (Å²) in [5.74, 6) is 0.782. The van der Waals surface area contributed by atoms with Crippen molar-refractivity contribution >= 4 is 5.91 Å². The van der Waals surface area contributed by atoms with Crippen molar-refractivity contribution in [2.75, 3.05) is 26.2 Å². The second-order valence-electron chi connectivity index (χ2n) is 6.71. The molecule has 1 aromatic rings. The second kappa shape index (κ2) is 8.46. The minimum absolute atomic E-state index is 0.0108.